The first-order chi connectivity index (χ1) is 14.1. The van der Waals surface area contributed by atoms with E-state index in [1.165, 1.54) is 12.1 Å². The molecule has 0 aliphatic carbocycles. The van der Waals surface area contributed by atoms with Crippen molar-refractivity contribution in [1.29, 1.82) is 0 Å². The number of thioether (sulfide) groups is 1. The number of benzene rings is 2. The van der Waals surface area contributed by atoms with Crippen LogP contribution in [-0.4, -0.2) is 45.9 Å². The predicted octanol–water partition coefficient (Wildman–Crippen LogP) is 3.43. The van der Waals surface area contributed by atoms with E-state index in [1.54, 1.807) is 23.9 Å². The smallest absolute Gasteiger partial charge is 0.269 e. The summed E-state index contributed by atoms with van der Waals surface area (Å²) in [4.78, 5) is 15.3. The van der Waals surface area contributed by atoms with Crippen LogP contribution < -0.4 is 9.47 Å². The highest BCUT2D eigenvalue weighted by Crippen LogP contribution is 2.38. The Kier molecular flexibility index (Phi) is 4.39. The molecule has 0 radical (unpaired) electrons. The Bertz CT molecular complexity index is 1050. The largest absolute Gasteiger partial charge is 0.454 e. The first-order valence-corrected chi connectivity index (χ1v) is 10.3. The maximum Gasteiger partial charge on any atom is 0.269 e. The van der Waals surface area contributed by atoms with Crippen LogP contribution in [0.2, 0.25) is 0 Å². The van der Waals surface area contributed by atoms with Crippen molar-refractivity contribution in [2.24, 2.45) is 10.1 Å². The Hall–Kier alpha value is -3.07. The Morgan fingerprint density at radius 1 is 1.21 bits per heavy atom. The summed E-state index contributed by atoms with van der Waals surface area (Å²) < 4.78 is 11.2. The molecule has 9 heteroatoms. The summed E-state index contributed by atoms with van der Waals surface area (Å²) in [5, 5.41) is 18.9. The molecule has 29 heavy (non-hydrogen) atoms. The lowest BCUT2D eigenvalue weighted by molar-refractivity contribution is -0.384. The maximum absolute atomic E-state index is 11.1. The molecule has 2 aromatic rings. The van der Waals surface area contributed by atoms with Gasteiger partial charge in [0.15, 0.2) is 16.7 Å². The van der Waals surface area contributed by atoms with Crippen molar-refractivity contribution < 1.29 is 14.4 Å². The summed E-state index contributed by atoms with van der Waals surface area (Å²) >= 11 is 1.70. The minimum absolute atomic E-state index is 0.0508. The molecule has 8 nitrogen and oxygen atoms in total. The van der Waals surface area contributed by atoms with Crippen LogP contribution in [0.3, 0.4) is 0 Å². The average molecular weight is 410 g/mol. The first-order valence-electron chi connectivity index (χ1n) is 9.33. The number of hydrogen-bond donors (Lipinski definition) is 0. The van der Waals surface area contributed by atoms with E-state index in [4.69, 9.17) is 14.6 Å². The number of hydrogen-bond acceptors (Lipinski definition) is 8. The molecule has 0 saturated carbocycles. The molecule has 2 aromatic carbocycles. The highest BCUT2D eigenvalue weighted by atomic mass is 32.2. The summed E-state index contributed by atoms with van der Waals surface area (Å²) in [5.41, 5.74) is 3.65. The van der Waals surface area contributed by atoms with Gasteiger partial charge in [0.25, 0.3) is 5.69 Å². The summed E-state index contributed by atoms with van der Waals surface area (Å²) in [6.45, 7) is 3.12. The SMILES string of the molecule is CC1Cc2cc3c(cc2C(c2ccc([N+](=O)[O-])cc2)=NN1C1=NCCS1)OCO3. The molecule has 3 heterocycles. The molecule has 3 aliphatic heterocycles. The molecular formula is C20H18N4O4S. The third-order valence-electron chi connectivity index (χ3n) is 5.11. The quantitative estimate of drug-likeness (QED) is 0.557. The van der Waals surface area contributed by atoms with Gasteiger partial charge in [-0.1, -0.05) is 11.8 Å². The fraction of sp³-hybridized carbons (Fsp3) is 0.300. The van der Waals surface area contributed by atoms with Gasteiger partial charge in [-0.05, 0) is 43.2 Å². The van der Waals surface area contributed by atoms with Crippen molar-refractivity contribution in [2.45, 2.75) is 19.4 Å². The van der Waals surface area contributed by atoms with Crippen molar-refractivity contribution >= 4 is 28.3 Å². The Morgan fingerprint density at radius 3 is 2.66 bits per heavy atom. The molecule has 0 fully saturated rings. The van der Waals surface area contributed by atoms with Crippen LogP contribution >= 0.6 is 11.8 Å². The minimum atomic E-state index is -0.400. The van der Waals surface area contributed by atoms with Crippen molar-refractivity contribution in [3.63, 3.8) is 0 Å². The van der Waals surface area contributed by atoms with E-state index in [0.717, 1.165) is 52.0 Å². The Morgan fingerprint density at radius 2 is 1.97 bits per heavy atom. The lowest BCUT2D eigenvalue weighted by atomic mass is 9.94. The lowest BCUT2D eigenvalue weighted by Gasteiger charge is -2.24. The second kappa shape index (κ2) is 7.07. The topological polar surface area (TPSA) is 89.6 Å². The van der Waals surface area contributed by atoms with E-state index in [-0.39, 0.29) is 18.5 Å². The normalized spacial score (nSPS) is 20.0. The Balaban J connectivity index is 1.66. The van der Waals surface area contributed by atoms with Gasteiger partial charge in [-0.25, -0.2) is 5.01 Å². The van der Waals surface area contributed by atoms with Crippen LogP contribution in [-0.2, 0) is 6.42 Å². The van der Waals surface area contributed by atoms with Gasteiger partial charge in [-0.3, -0.25) is 15.1 Å². The zero-order chi connectivity index (χ0) is 20.0. The molecule has 3 aliphatic rings. The lowest BCUT2D eigenvalue weighted by Crippen LogP contribution is -2.33. The summed E-state index contributed by atoms with van der Waals surface area (Å²) in [6.07, 6.45) is 0.769. The van der Waals surface area contributed by atoms with E-state index in [2.05, 4.69) is 11.9 Å². The highest BCUT2D eigenvalue weighted by molar-refractivity contribution is 8.14. The molecule has 0 N–H and O–H groups in total. The van der Waals surface area contributed by atoms with Crippen LogP contribution in [0.1, 0.15) is 23.6 Å². The molecule has 0 bridgehead atoms. The van der Waals surface area contributed by atoms with E-state index >= 15 is 0 Å². The number of amidine groups is 1. The number of non-ortho nitro benzene ring substituents is 1. The fourth-order valence-electron chi connectivity index (χ4n) is 3.69. The van der Waals surface area contributed by atoms with E-state index in [0.29, 0.717) is 5.75 Å². The van der Waals surface area contributed by atoms with E-state index in [1.807, 2.05) is 17.1 Å². The van der Waals surface area contributed by atoms with E-state index in [9.17, 15) is 10.1 Å². The van der Waals surface area contributed by atoms with Gasteiger partial charge in [-0.15, -0.1) is 0 Å². The molecule has 0 amide bonds. The zero-order valence-electron chi connectivity index (χ0n) is 15.7. The fourth-order valence-corrected chi connectivity index (χ4v) is 4.59. The number of nitro groups is 1. The van der Waals surface area contributed by atoms with Gasteiger partial charge >= 0.3 is 0 Å². The van der Waals surface area contributed by atoms with Crippen LogP contribution in [0, 0.1) is 10.1 Å². The second-order valence-electron chi connectivity index (χ2n) is 7.03. The van der Waals surface area contributed by atoms with Crippen molar-refractivity contribution in [2.75, 3.05) is 19.1 Å². The molecule has 148 valence electrons. The molecule has 0 saturated heterocycles. The van der Waals surface area contributed by atoms with Gasteiger partial charge in [0, 0.05) is 29.0 Å². The maximum atomic E-state index is 11.1. The predicted molar refractivity (Wildman–Crippen MR) is 111 cm³/mol. The van der Waals surface area contributed by atoms with Crippen LogP contribution in [0.5, 0.6) is 11.5 Å². The number of rotatable bonds is 2. The summed E-state index contributed by atoms with van der Waals surface area (Å²) in [5.74, 6) is 2.37. The Labute approximate surface area is 171 Å². The van der Waals surface area contributed by atoms with Crippen LogP contribution in [0.15, 0.2) is 46.5 Å². The number of hydrazone groups is 1. The van der Waals surface area contributed by atoms with Crippen LogP contribution in [0.4, 0.5) is 5.69 Å². The third-order valence-corrected chi connectivity index (χ3v) is 6.07. The number of fused-ring (bicyclic) bond motifs is 2. The summed E-state index contributed by atoms with van der Waals surface area (Å²) in [7, 11) is 0. The van der Waals surface area contributed by atoms with Crippen LogP contribution in [0.25, 0.3) is 0 Å². The number of nitro benzene ring substituents is 1. The standard InChI is InChI=1S/C20H18N4O4S/c1-12-8-14-9-17-18(28-11-27-17)10-16(14)19(22-23(12)20-21-6-7-29-20)13-2-4-15(5-3-13)24(25)26/h2-5,9-10,12H,6-8,11H2,1H3. The minimum Gasteiger partial charge on any atom is -0.454 e. The molecule has 5 rings (SSSR count). The monoisotopic (exact) mass is 410 g/mol. The molecule has 0 aromatic heterocycles. The summed E-state index contributed by atoms with van der Waals surface area (Å²) in [6, 6.07) is 10.6. The number of ether oxygens (including phenoxy) is 2. The van der Waals surface area contributed by atoms with Crippen molar-refractivity contribution in [3.8, 4) is 11.5 Å². The van der Waals surface area contributed by atoms with Gasteiger partial charge in [0.1, 0.15) is 0 Å². The third kappa shape index (κ3) is 3.21. The molecule has 1 unspecified atom stereocenters. The van der Waals surface area contributed by atoms with Gasteiger partial charge in [0.05, 0.1) is 23.2 Å². The van der Waals surface area contributed by atoms with Crippen molar-refractivity contribution in [1.82, 2.24) is 5.01 Å². The number of aliphatic imine (C=N–C) groups is 1. The second-order valence-corrected chi connectivity index (χ2v) is 8.09. The highest BCUT2D eigenvalue weighted by Gasteiger charge is 2.30. The van der Waals surface area contributed by atoms with Gasteiger partial charge in [-0.2, -0.15) is 5.10 Å². The number of nitrogens with zero attached hydrogens (tertiary/aromatic N) is 4. The molecular weight excluding hydrogens is 392 g/mol. The molecule has 0 spiro atoms. The molecule has 1 atom stereocenters. The average Bonchev–Trinajstić information content (AvgIpc) is 3.38. The van der Waals surface area contributed by atoms with E-state index < -0.39 is 4.92 Å². The van der Waals surface area contributed by atoms with Gasteiger partial charge in [0.2, 0.25) is 6.79 Å². The van der Waals surface area contributed by atoms with Gasteiger partial charge < -0.3 is 9.47 Å². The van der Waals surface area contributed by atoms with Crippen molar-refractivity contribution in [3.05, 3.63) is 63.2 Å². The first kappa shape index (κ1) is 18.0. The zero-order valence-corrected chi connectivity index (χ0v) is 16.5.